The van der Waals surface area contributed by atoms with Crippen molar-refractivity contribution >= 4 is 32.4 Å². The smallest absolute Gasteiger partial charge is 0.186 e. The molecule has 1 aromatic rings. The summed E-state index contributed by atoms with van der Waals surface area (Å²) in [5, 5.41) is -0.391. The maximum absolute atomic E-state index is 7.25. The van der Waals surface area contributed by atoms with Crippen LogP contribution in [0, 0.1) is 6.85 Å². The van der Waals surface area contributed by atoms with E-state index in [0.717, 1.165) is 0 Å². The van der Waals surface area contributed by atoms with Crippen molar-refractivity contribution in [2.45, 2.75) is 6.85 Å². The molecular weight excluding hydrogens is 212 g/mol. The first-order chi connectivity index (χ1) is 8.24. The van der Waals surface area contributed by atoms with Crippen LogP contribution >= 0.6 is 27.3 Å². The minimum Gasteiger partial charge on any atom is -0.354 e. The highest BCUT2D eigenvalue weighted by Crippen LogP contribution is 2.27. The minimum atomic E-state index is -2.95. The number of aromatic nitrogens is 1. The van der Waals surface area contributed by atoms with Crippen molar-refractivity contribution in [2.24, 2.45) is 0 Å². The molecule has 0 atom stereocenters. The zero-order valence-corrected chi connectivity index (χ0v) is 7.08. The second-order valence-electron chi connectivity index (χ2n) is 1.45. The molecule has 56 valence electrons. The van der Waals surface area contributed by atoms with Gasteiger partial charge in [-0.3, -0.25) is 0 Å². The van der Waals surface area contributed by atoms with E-state index in [-0.39, 0.29) is 14.4 Å². The third kappa shape index (κ3) is 1.49. The van der Waals surface area contributed by atoms with Crippen molar-refractivity contribution < 1.29 is 12.3 Å². The van der Waals surface area contributed by atoms with Crippen LogP contribution in [0.2, 0.25) is 0 Å². The highest BCUT2D eigenvalue weighted by molar-refractivity contribution is 9.10. The Balaban J connectivity index is 3.35. The molecule has 0 aliphatic heterocycles. The Labute approximate surface area is 85.7 Å². The molecule has 0 fully saturated rings. The Morgan fingerprint density at radius 3 is 3.00 bits per heavy atom. The molecule has 0 aromatic carbocycles. The molecule has 1 rings (SSSR count). The van der Waals surface area contributed by atoms with Crippen LogP contribution in [0.3, 0.4) is 0 Å². The summed E-state index contributed by atoms with van der Waals surface area (Å²) in [5.41, 5.74) is 0. The fourth-order valence-electron chi connectivity index (χ4n) is 0.387. The van der Waals surface area contributed by atoms with E-state index in [9.17, 15) is 0 Å². The maximum Gasteiger partial charge on any atom is 0.186 e. The highest BCUT2D eigenvalue weighted by Gasteiger charge is 2.04. The summed E-state index contributed by atoms with van der Waals surface area (Å²) in [7, 11) is 0. The summed E-state index contributed by atoms with van der Waals surface area (Å²) in [6.45, 7) is -8.40. The van der Waals surface area contributed by atoms with Gasteiger partial charge in [-0.25, -0.2) is 4.98 Å². The fraction of sp³-hybridized carbons (Fsp3) is 0.500. The third-order valence-electron chi connectivity index (χ3n) is 0.766. The predicted molar refractivity (Wildman–Crippen MR) is 48.9 cm³/mol. The van der Waals surface area contributed by atoms with Gasteiger partial charge in [-0.2, -0.15) is 0 Å². The van der Waals surface area contributed by atoms with Crippen LogP contribution in [0.15, 0.2) is 4.60 Å². The van der Waals surface area contributed by atoms with Gasteiger partial charge in [0.25, 0.3) is 0 Å². The lowest BCUT2D eigenvalue weighted by Gasteiger charge is -2.04. The lowest BCUT2D eigenvalue weighted by atomic mass is 10.6. The van der Waals surface area contributed by atoms with E-state index in [2.05, 4.69) is 20.9 Å². The molecule has 0 N–H and O–H groups in total. The molecule has 0 aliphatic carbocycles. The summed E-state index contributed by atoms with van der Waals surface area (Å²) in [4.78, 5) is 3.66. The number of halogens is 1. The first-order valence-corrected chi connectivity index (χ1v) is 3.82. The molecule has 0 radical (unpaired) electrons. The van der Waals surface area contributed by atoms with Crippen molar-refractivity contribution in [1.29, 1.82) is 0 Å². The van der Waals surface area contributed by atoms with E-state index >= 15 is 0 Å². The lowest BCUT2D eigenvalue weighted by molar-refractivity contribution is 1.10. The van der Waals surface area contributed by atoms with E-state index in [1.165, 1.54) is 0 Å². The summed E-state index contributed by atoms with van der Waals surface area (Å²) < 4.78 is 65.1. The summed E-state index contributed by atoms with van der Waals surface area (Å²) in [6, 6.07) is 0. The Morgan fingerprint density at radius 1 is 1.70 bits per heavy atom. The van der Waals surface area contributed by atoms with Gasteiger partial charge in [0.1, 0.15) is 4.60 Å². The standard InChI is InChI=1S/C6H9BrN2S/c1-4-5(7)8-6(10-4)9(2)3/h1-3H3/i1D3,2D3,3D3. The largest absolute Gasteiger partial charge is 0.354 e. The van der Waals surface area contributed by atoms with E-state index < -0.39 is 25.9 Å². The van der Waals surface area contributed by atoms with Crippen LogP contribution in [0.4, 0.5) is 5.13 Å². The molecule has 0 amide bonds. The van der Waals surface area contributed by atoms with E-state index in [0.29, 0.717) is 11.3 Å². The molecular formula is C6H9BrN2S. The van der Waals surface area contributed by atoms with Gasteiger partial charge in [-0.15, -0.1) is 11.3 Å². The monoisotopic (exact) mass is 229 g/mol. The topological polar surface area (TPSA) is 16.1 Å². The van der Waals surface area contributed by atoms with E-state index in [4.69, 9.17) is 12.3 Å². The van der Waals surface area contributed by atoms with Crippen LogP contribution in [0.25, 0.3) is 0 Å². The third-order valence-corrected chi connectivity index (χ3v) is 2.46. The van der Waals surface area contributed by atoms with Crippen molar-refractivity contribution in [3.05, 3.63) is 9.48 Å². The molecule has 0 bridgehead atoms. The van der Waals surface area contributed by atoms with E-state index in [1.807, 2.05) is 0 Å². The van der Waals surface area contributed by atoms with Crippen molar-refractivity contribution in [3.8, 4) is 0 Å². The average molecular weight is 230 g/mol. The molecule has 0 unspecified atom stereocenters. The zero-order chi connectivity index (χ0) is 15.2. The Morgan fingerprint density at radius 2 is 2.50 bits per heavy atom. The normalized spacial score (nSPS) is 27.1. The fourth-order valence-corrected chi connectivity index (χ4v) is 1.46. The maximum atomic E-state index is 7.25. The van der Waals surface area contributed by atoms with Gasteiger partial charge in [0.05, 0.1) is 0 Å². The van der Waals surface area contributed by atoms with Gasteiger partial charge in [-0.05, 0) is 22.8 Å². The molecule has 4 heteroatoms. The second kappa shape index (κ2) is 2.88. The van der Waals surface area contributed by atoms with Crippen molar-refractivity contribution in [2.75, 3.05) is 18.9 Å². The van der Waals surface area contributed by atoms with E-state index in [1.54, 1.807) is 0 Å². The highest BCUT2D eigenvalue weighted by atomic mass is 79.9. The number of hydrogen-bond donors (Lipinski definition) is 0. The molecule has 0 saturated carbocycles. The Kier molecular flexibility index (Phi) is 0.634. The number of hydrogen-bond acceptors (Lipinski definition) is 3. The predicted octanol–water partition coefficient (Wildman–Crippen LogP) is 2.28. The summed E-state index contributed by atoms with van der Waals surface area (Å²) >= 11 is 3.41. The first kappa shape index (κ1) is 2.20. The van der Waals surface area contributed by atoms with Crippen LogP contribution in [0.5, 0.6) is 0 Å². The van der Waals surface area contributed by atoms with Gasteiger partial charge < -0.3 is 4.90 Å². The van der Waals surface area contributed by atoms with Crippen LogP contribution in [-0.2, 0) is 0 Å². The average Bonchev–Trinajstić information content (AvgIpc) is 2.39. The van der Waals surface area contributed by atoms with Crippen molar-refractivity contribution in [1.82, 2.24) is 4.98 Å². The van der Waals surface area contributed by atoms with Gasteiger partial charge in [-0.1, -0.05) is 0 Å². The lowest BCUT2D eigenvalue weighted by Crippen LogP contribution is -2.07. The zero-order valence-electron chi connectivity index (χ0n) is 13.7. The molecule has 1 heterocycles. The SMILES string of the molecule is [2H]C([2H])([2H])c1sc(N(C([2H])([2H])[2H])C([2H])([2H])[2H])nc1Br. The number of thiazole rings is 1. The molecule has 0 saturated heterocycles. The number of rotatable bonds is 1. The molecule has 0 spiro atoms. The molecule has 0 aliphatic rings. The van der Waals surface area contributed by atoms with Gasteiger partial charge >= 0.3 is 0 Å². The number of anilines is 1. The van der Waals surface area contributed by atoms with Crippen LogP contribution < -0.4 is 4.90 Å². The summed E-state index contributed by atoms with van der Waals surface area (Å²) in [6.07, 6.45) is 0. The molecule has 1 aromatic heterocycles. The first-order valence-electron chi connectivity index (χ1n) is 6.72. The van der Waals surface area contributed by atoms with Gasteiger partial charge in [0.2, 0.25) is 0 Å². The minimum absolute atomic E-state index is 0.0778. The van der Waals surface area contributed by atoms with Gasteiger partial charge in [0, 0.05) is 31.2 Å². The molecule has 2 nitrogen and oxygen atoms in total. The second-order valence-corrected chi connectivity index (χ2v) is 3.18. The Hall–Kier alpha value is -0.0900. The van der Waals surface area contributed by atoms with Crippen LogP contribution in [-0.4, -0.2) is 18.9 Å². The van der Waals surface area contributed by atoms with Crippen molar-refractivity contribution in [3.63, 3.8) is 0 Å². The molecule has 10 heavy (non-hydrogen) atoms. The van der Waals surface area contributed by atoms with Crippen LogP contribution in [0.1, 0.15) is 17.2 Å². The van der Waals surface area contributed by atoms with Gasteiger partial charge in [0.15, 0.2) is 5.13 Å². The quantitative estimate of drug-likeness (QED) is 0.735. The number of aryl methyl sites for hydroxylation is 1. The summed E-state index contributed by atoms with van der Waals surface area (Å²) in [5.74, 6) is 0. The number of nitrogens with zero attached hydrogens (tertiary/aromatic N) is 2. The Bertz CT molecular complexity index is 445.